The molecule has 0 radical (unpaired) electrons. The quantitative estimate of drug-likeness (QED) is 0.745. The Balaban J connectivity index is 2.61. The van der Waals surface area contributed by atoms with Crippen molar-refractivity contribution in [3.8, 4) is 5.75 Å². The number of alkyl halides is 1. The zero-order valence-corrected chi connectivity index (χ0v) is 13.6. The fraction of sp³-hybridized carbons (Fsp3) is 0.533. The number of carbonyl (C=O) groups excluding carboxylic acids is 1. The molecule has 1 aromatic rings. The van der Waals surface area contributed by atoms with Crippen LogP contribution < -0.4 is 4.74 Å². The third kappa shape index (κ3) is 5.64. The average Bonchev–Trinajstić information content (AvgIpc) is 2.35. The summed E-state index contributed by atoms with van der Waals surface area (Å²) in [7, 11) is 1.83. The van der Waals surface area contributed by atoms with Gasteiger partial charge in [-0.2, -0.15) is 0 Å². The van der Waals surface area contributed by atoms with Crippen LogP contribution in [0.1, 0.15) is 37.6 Å². The van der Waals surface area contributed by atoms with Crippen LogP contribution in [-0.4, -0.2) is 35.3 Å². The number of rotatable bonds is 6. The molecule has 1 rings (SSSR count). The minimum Gasteiger partial charge on any atom is -0.491 e. The topological polar surface area (TPSA) is 29.5 Å². The van der Waals surface area contributed by atoms with Gasteiger partial charge < -0.3 is 9.64 Å². The third-order valence-electron chi connectivity index (χ3n) is 2.68. The molecule has 19 heavy (non-hydrogen) atoms. The predicted octanol–water partition coefficient (Wildman–Crippen LogP) is 3.72. The van der Waals surface area contributed by atoms with E-state index < -0.39 is 0 Å². The van der Waals surface area contributed by atoms with Crippen molar-refractivity contribution in [2.75, 3.05) is 13.6 Å². The van der Waals surface area contributed by atoms with Gasteiger partial charge in [-0.25, -0.2) is 0 Å². The first-order valence-electron chi connectivity index (χ1n) is 6.56. The molecule has 1 atom stereocenters. The van der Waals surface area contributed by atoms with Gasteiger partial charge in [-0.05, 0) is 44.5 Å². The molecule has 3 nitrogen and oxygen atoms in total. The summed E-state index contributed by atoms with van der Waals surface area (Å²) in [6, 6.07) is 7.31. The summed E-state index contributed by atoms with van der Waals surface area (Å²) >= 11 is 3.49. The monoisotopic (exact) mass is 327 g/mol. The van der Waals surface area contributed by atoms with E-state index in [-0.39, 0.29) is 12.0 Å². The third-order valence-corrected chi connectivity index (χ3v) is 3.14. The standard InChI is InChI=1S/C15H22BrNO2/c1-11(2)19-14-7-5-13(6-8-14)15(18)17(4)10-9-12(3)16/h5-8,11-12H,9-10H2,1-4H3. The van der Waals surface area contributed by atoms with Gasteiger partial charge in [-0.15, -0.1) is 0 Å². The highest BCUT2D eigenvalue weighted by Gasteiger charge is 2.12. The highest BCUT2D eigenvalue weighted by Crippen LogP contribution is 2.15. The minimum atomic E-state index is 0.0456. The summed E-state index contributed by atoms with van der Waals surface area (Å²) in [6.45, 7) is 6.79. The number of ether oxygens (including phenoxy) is 1. The maximum absolute atomic E-state index is 12.2. The smallest absolute Gasteiger partial charge is 0.253 e. The number of benzene rings is 1. The van der Waals surface area contributed by atoms with E-state index >= 15 is 0 Å². The van der Waals surface area contributed by atoms with Crippen LogP contribution in [-0.2, 0) is 0 Å². The van der Waals surface area contributed by atoms with E-state index in [2.05, 4.69) is 22.9 Å². The lowest BCUT2D eigenvalue weighted by molar-refractivity contribution is 0.0794. The number of hydrogen-bond acceptors (Lipinski definition) is 2. The van der Waals surface area contributed by atoms with Gasteiger partial charge in [-0.3, -0.25) is 4.79 Å². The van der Waals surface area contributed by atoms with E-state index in [0.29, 0.717) is 10.4 Å². The van der Waals surface area contributed by atoms with Crippen molar-refractivity contribution in [3.63, 3.8) is 0 Å². The zero-order valence-electron chi connectivity index (χ0n) is 12.0. The molecule has 4 heteroatoms. The largest absolute Gasteiger partial charge is 0.491 e. The van der Waals surface area contributed by atoms with Crippen molar-refractivity contribution >= 4 is 21.8 Å². The first kappa shape index (κ1) is 16.0. The molecule has 1 unspecified atom stereocenters. The van der Waals surface area contributed by atoms with Gasteiger partial charge in [-0.1, -0.05) is 22.9 Å². The summed E-state index contributed by atoms with van der Waals surface area (Å²) in [5.74, 6) is 0.840. The van der Waals surface area contributed by atoms with Crippen molar-refractivity contribution in [1.82, 2.24) is 4.90 Å². The van der Waals surface area contributed by atoms with Crippen LogP contribution in [0.3, 0.4) is 0 Å². The Morgan fingerprint density at radius 3 is 2.32 bits per heavy atom. The SMILES string of the molecule is CC(Br)CCN(C)C(=O)c1ccc(OC(C)C)cc1. The Morgan fingerprint density at radius 1 is 1.26 bits per heavy atom. The van der Waals surface area contributed by atoms with E-state index in [9.17, 15) is 4.79 Å². The lowest BCUT2D eigenvalue weighted by Crippen LogP contribution is -2.28. The normalized spacial score (nSPS) is 12.3. The number of halogens is 1. The molecule has 0 aliphatic heterocycles. The molecular formula is C15H22BrNO2. The minimum absolute atomic E-state index is 0.0456. The number of carbonyl (C=O) groups is 1. The number of hydrogen-bond donors (Lipinski definition) is 0. The van der Waals surface area contributed by atoms with Crippen molar-refractivity contribution < 1.29 is 9.53 Å². The van der Waals surface area contributed by atoms with E-state index in [1.54, 1.807) is 4.90 Å². The van der Waals surface area contributed by atoms with Gasteiger partial charge in [0.05, 0.1) is 6.10 Å². The van der Waals surface area contributed by atoms with E-state index in [1.165, 1.54) is 0 Å². The van der Waals surface area contributed by atoms with Crippen molar-refractivity contribution in [3.05, 3.63) is 29.8 Å². The summed E-state index contributed by atoms with van der Waals surface area (Å²) < 4.78 is 5.56. The molecule has 0 spiro atoms. The Bertz CT molecular complexity index is 401. The summed E-state index contributed by atoms with van der Waals surface area (Å²) in [5.41, 5.74) is 0.695. The Morgan fingerprint density at radius 2 is 1.84 bits per heavy atom. The second-order valence-electron chi connectivity index (χ2n) is 4.99. The number of amides is 1. The van der Waals surface area contributed by atoms with Crippen LogP contribution in [0.25, 0.3) is 0 Å². The van der Waals surface area contributed by atoms with Crippen LogP contribution >= 0.6 is 15.9 Å². The maximum Gasteiger partial charge on any atom is 0.253 e. The zero-order chi connectivity index (χ0) is 14.4. The maximum atomic E-state index is 12.2. The Kier molecular flexibility index (Phi) is 6.35. The first-order valence-corrected chi connectivity index (χ1v) is 7.48. The predicted molar refractivity (Wildman–Crippen MR) is 82.2 cm³/mol. The van der Waals surface area contributed by atoms with Crippen LogP contribution in [0, 0.1) is 0 Å². The summed E-state index contributed by atoms with van der Waals surface area (Å²) in [4.78, 5) is 14.3. The van der Waals surface area contributed by atoms with Gasteiger partial charge in [0.15, 0.2) is 0 Å². The molecule has 0 aliphatic rings. The molecular weight excluding hydrogens is 306 g/mol. The lowest BCUT2D eigenvalue weighted by Gasteiger charge is -2.18. The molecule has 0 saturated heterocycles. The fourth-order valence-electron chi connectivity index (χ4n) is 1.64. The lowest BCUT2D eigenvalue weighted by atomic mass is 10.2. The molecule has 0 aliphatic carbocycles. The highest BCUT2D eigenvalue weighted by atomic mass is 79.9. The highest BCUT2D eigenvalue weighted by molar-refractivity contribution is 9.09. The molecule has 0 N–H and O–H groups in total. The molecule has 1 amide bonds. The van der Waals surface area contributed by atoms with Crippen LogP contribution in [0.4, 0.5) is 0 Å². The van der Waals surface area contributed by atoms with Crippen molar-refractivity contribution in [2.45, 2.75) is 38.1 Å². The van der Waals surface area contributed by atoms with E-state index in [0.717, 1.165) is 18.7 Å². The van der Waals surface area contributed by atoms with Crippen molar-refractivity contribution in [1.29, 1.82) is 0 Å². The average molecular weight is 328 g/mol. The van der Waals surface area contributed by atoms with Gasteiger partial charge in [0.25, 0.3) is 5.91 Å². The summed E-state index contributed by atoms with van der Waals surface area (Å²) in [5, 5.41) is 0. The molecule has 0 fully saturated rings. The second kappa shape index (κ2) is 7.53. The van der Waals surface area contributed by atoms with Crippen molar-refractivity contribution in [2.24, 2.45) is 0 Å². The fourth-order valence-corrected chi connectivity index (χ4v) is 1.85. The first-order chi connectivity index (χ1) is 8.90. The van der Waals surface area contributed by atoms with Gasteiger partial charge in [0, 0.05) is 24.0 Å². The van der Waals surface area contributed by atoms with E-state index in [1.807, 2.05) is 45.2 Å². The van der Waals surface area contributed by atoms with E-state index in [4.69, 9.17) is 4.74 Å². The van der Waals surface area contributed by atoms with Crippen LogP contribution in [0.2, 0.25) is 0 Å². The molecule has 0 heterocycles. The van der Waals surface area contributed by atoms with Crippen LogP contribution in [0.5, 0.6) is 5.75 Å². The van der Waals surface area contributed by atoms with Gasteiger partial charge in [0.1, 0.15) is 5.75 Å². The molecule has 0 saturated carbocycles. The van der Waals surface area contributed by atoms with Gasteiger partial charge in [0.2, 0.25) is 0 Å². The summed E-state index contributed by atoms with van der Waals surface area (Å²) in [6.07, 6.45) is 1.08. The second-order valence-corrected chi connectivity index (χ2v) is 6.55. The van der Waals surface area contributed by atoms with Crippen LogP contribution in [0.15, 0.2) is 24.3 Å². The molecule has 0 aromatic heterocycles. The molecule has 106 valence electrons. The molecule has 0 bridgehead atoms. The van der Waals surface area contributed by atoms with Gasteiger partial charge >= 0.3 is 0 Å². The Labute approximate surface area is 124 Å². The molecule has 1 aromatic carbocycles. The number of nitrogens with zero attached hydrogens (tertiary/aromatic N) is 1. The Hall–Kier alpha value is -1.03.